The number of benzene rings is 2. The van der Waals surface area contributed by atoms with Crippen molar-refractivity contribution in [1.29, 1.82) is 0 Å². The van der Waals surface area contributed by atoms with Crippen molar-refractivity contribution < 1.29 is 9.42 Å². The van der Waals surface area contributed by atoms with Gasteiger partial charge in [0.05, 0.1) is 6.54 Å². The molecule has 3 aromatic rings. The zero-order chi connectivity index (χ0) is 17.1. The highest BCUT2D eigenvalue weighted by Gasteiger charge is 2.24. The van der Waals surface area contributed by atoms with Gasteiger partial charge >= 0.3 is 0 Å². The van der Waals surface area contributed by atoms with Crippen LogP contribution in [0.5, 0.6) is 0 Å². The van der Waals surface area contributed by atoms with E-state index in [4.69, 9.17) is 0 Å². The minimum Gasteiger partial charge on any atom is -0.351 e. The number of hydrogen-bond acceptors (Lipinski definition) is 5. The summed E-state index contributed by atoms with van der Waals surface area (Å²) in [6, 6.07) is 16.2. The van der Waals surface area contributed by atoms with Crippen LogP contribution in [0.2, 0.25) is 0 Å². The lowest BCUT2D eigenvalue weighted by Gasteiger charge is -2.16. The number of carbonyl (C=O) groups excluding carboxylic acids is 1. The molecule has 128 valence electrons. The Morgan fingerprint density at radius 1 is 1.16 bits per heavy atom. The first kappa shape index (κ1) is 15.8. The molecular weight excluding hydrogens is 316 g/mol. The molecule has 6 nitrogen and oxygen atoms in total. The van der Waals surface area contributed by atoms with Crippen LogP contribution in [0.15, 0.2) is 53.2 Å². The van der Waals surface area contributed by atoms with Gasteiger partial charge in [0.1, 0.15) is 11.0 Å². The predicted octanol–water partition coefficient (Wildman–Crippen LogP) is 2.33. The molecular formula is C19H20N4O2. The summed E-state index contributed by atoms with van der Waals surface area (Å²) in [6.45, 7) is 2.83. The topological polar surface area (TPSA) is 71.3 Å². The molecule has 0 radical (unpaired) electrons. The fourth-order valence-corrected chi connectivity index (χ4v) is 3.37. The summed E-state index contributed by atoms with van der Waals surface area (Å²) < 4.78 is 4.69. The molecule has 1 fully saturated rings. The summed E-state index contributed by atoms with van der Waals surface area (Å²) in [7, 11) is 0. The lowest BCUT2D eigenvalue weighted by molar-refractivity contribution is -0.122. The van der Waals surface area contributed by atoms with E-state index in [9.17, 15) is 4.79 Å². The van der Waals surface area contributed by atoms with Crippen LogP contribution in [0, 0.1) is 0 Å². The number of nitrogens with one attached hydrogen (secondary N) is 1. The third-order valence-electron chi connectivity index (χ3n) is 4.72. The average molecular weight is 336 g/mol. The molecule has 4 rings (SSSR count). The van der Waals surface area contributed by atoms with Crippen LogP contribution < -0.4 is 5.32 Å². The Balaban J connectivity index is 1.28. The van der Waals surface area contributed by atoms with Crippen molar-refractivity contribution in [3.8, 4) is 0 Å². The Bertz CT molecular complexity index is 862. The van der Waals surface area contributed by atoms with Crippen LogP contribution in [-0.2, 0) is 11.3 Å². The number of fused-ring (bicyclic) bond motifs is 1. The minimum absolute atomic E-state index is 0.0482. The third kappa shape index (κ3) is 3.69. The second-order valence-electron chi connectivity index (χ2n) is 6.50. The summed E-state index contributed by atoms with van der Waals surface area (Å²) in [5.41, 5.74) is 3.77. The van der Waals surface area contributed by atoms with Gasteiger partial charge in [-0.2, -0.15) is 0 Å². The average Bonchev–Trinajstić information content (AvgIpc) is 3.29. The Labute approximate surface area is 145 Å². The van der Waals surface area contributed by atoms with Crippen LogP contribution in [0.4, 0.5) is 0 Å². The highest BCUT2D eigenvalue weighted by atomic mass is 16.6. The van der Waals surface area contributed by atoms with Gasteiger partial charge in [0.25, 0.3) is 0 Å². The number of hydrogen-bond donors (Lipinski definition) is 1. The van der Waals surface area contributed by atoms with Gasteiger partial charge in [0, 0.05) is 13.1 Å². The molecule has 0 saturated carbocycles. The van der Waals surface area contributed by atoms with Gasteiger partial charge in [-0.25, -0.2) is 4.63 Å². The van der Waals surface area contributed by atoms with Crippen LogP contribution in [0.3, 0.4) is 0 Å². The maximum atomic E-state index is 12.2. The van der Waals surface area contributed by atoms with Crippen molar-refractivity contribution in [2.75, 3.05) is 19.6 Å². The molecule has 1 atom stereocenters. The Morgan fingerprint density at radius 3 is 2.88 bits per heavy atom. The van der Waals surface area contributed by atoms with Gasteiger partial charge < -0.3 is 5.32 Å². The van der Waals surface area contributed by atoms with Gasteiger partial charge in [-0.3, -0.25) is 9.69 Å². The first-order chi connectivity index (χ1) is 12.3. The molecule has 1 aliphatic rings. The first-order valence-corrected chi connectivity index (χ1v) is 8.53. The third-order valence-corrected chi connectivity index (χ3v) is 4.72. The van der Waals surface area contributed by atoms with Gasteiger partial charge in [-0.1, -0.05) is 36.4 Å². The van der Waals surface area contributed by atoms with E-state index in [1.54, 1.807) is 0 Å². The molecule has 0 unspecified atom stereocenters. The Morgan fingerprint density at radius 2 is 2.00 bits per heavy atom. The van der Waals surface area contributed by atoms with E-state index in [-0.39, 0.29) is 5.91 Å². The fraction of sp³-hybridized carbons (Fsp3) is 0.316. The molecule has 0 spiro atoms. The van der Waals surface area contributed by atoms with Crippen molar-refractivity contribution in [1.82, 2.24) is 20.5 Å². The number of likely N-dealkylation sites (tertiary alicyclic amines) is 1. The molecule has 1 amide bonds. The molecule has 1 aliphatic heterocycles. The maximum Gasteiger partial charge on any atom is 0.234 e. The van der Waals surface area contributed by atoms with E-state index in [1.165, 1.54) is 5.56 Å². The Hall–Kier alpha value is -2.73. The molecule has 6 heteroatoms. The van der Waals surface area contributed by atoms with Crippen molar-refractivity contribution in [3.63, 3.8) is 0 Å². The highest BCUT2D eigenvalue weighted by molar-refractivity contribution is 5.78. The van der Waals surface area contributed by atoms with Gasteiger partial charge in [0.15, 0.2) is 0 Å². The number of nitrogens with zero attached hydrogens (tertiary/aromatic N) is 3. The fourth-order valence-electron chi connectivity index (χ4n) is 3.37. The number of aromatic nitrogens is 2. The predicted molar refractivity (Wildman–Crippen MR) is 93.9 cm³/mol. The Kier molecular flexibility index (Phi) is 4.43. The van der Waals surface area contributed by atoms with E-state index in [0.717, 1.165) is 30.6 Å². The second kappa shape index (κ2) is 7.03. The number of carbonyl (C=O) groups is 1. The van der Waals surface area contributed by atoms with E-state index in [2.05, 4.69) is 49.4 Å². The van der Waals surface area contributed by atoms with Crippen molar-refractivity contribution in [2.45, 2.75) is 18.9 Å². The molecule has 1 N–H and O–H groups in total. The van der Waals surface area contributed by atoms with E-state index >= 15 is 0 Å². The second-order valence-corrected chi connectivity index (χ2v) is 6.50. The van der Waals surface area contributed by atoms with E-state index < -0.39 is 0 Å². The van der Waals surface area contributed by atoms with Gasteiger partial charge in [-0.15, -0.1) is 0 Å². The summed E-state index contributed by atoms with van der Waals surface area (Å²) in [4.78, 5) is 14.4. The molecule has 2 heterocycles. The maximum absolute atomic E-state index is 12.2. The summed E-state index contributed by atoms with van der Waals surface area (Å²) in [5, 5.41) is 10.6. The monoisotopic (exact) mass is 336 g/mol. The van der Waals surface area contributed by atoms with Crippen molar-refractivity contribution in [2.24, 2.45) is 0 Å². The van der Waals surface area contributed by atoms with Crippen LogP contribution in [0.25, 0.3) is 11.0 Å². The number of amides is 1. The molecule has 1 aromatic heterocycles. The molecule has 1 saturated heterocycles. The van der Waals surface area contributed by atoms with Crippen LogP contribution >= 0.6 is 0 Å². The standard InChI is InChI=1S/C19H20N4O2/c24-19(20-11-14-6-7-17-18(10-14)22-25-21-17)13-23-9-8-16(12-23)15-4-2-1-3-5-15/h1-7,10,16H,8-9,11-13H2,(H,20,24)/t16-/m0/s1. The zero-order valence-corrected chi connectivity index (χ0v) is 13.9. The SMILES string of the molecule is O=C(CN1CC[C@H](c2ccccc2)C1)NCc1ccc2nonc2c1. The highest BCUT2D eigenvalue weighted by Crippen LogP contribution is 2.26. The molecule has 0 bridgehead atoms. The summed E-state index contributed by atoms with van der Waals surface area (Å²) in [6.07, 6.45) is 1.10. The van der Waals surface area contributed by atoms with Crippen molar-refractivity contribution >= 4 is 16.9 Å². The smallest absolute Gasteiger partial charge is 0.234 e. The largest absolute Gasteiger partial charge is 0.351 e. The van der Waals surface area contributed by atoms with Crippen LogP contribution in [0.1, 0.15) is 23.5 Å². The van der Waals surface area contributed by atoms with Crippen LogP contribution in [-0.4, -0.2) is 40.8 Å². The summed E-state index contributed by atoms with van der Waals surface area (Å²) in [5.74, 6) is 0.572. The number of rotatable bonds is 5. The van der Waals surface area contributed by atoms with Gasteiger partial charge in [0.2, 0.25) is 5.91 Å². The van der Waals surface area contributed by atoms with Gasteiger partial charge in [-0.05, 0) is 52.5 Å². The quantitative estimate of drug-likeness (QED) is 0.774. The normalized spacial score (nSPS) is 17.8. The van der Waals surface area contributed by atoms with E-state index in [0.29, 0.717) is 24.5 Å². The molecule has 0 aliphatic carbocycles. The minimum atomic E-state index is 0.0482. The van der Waals surface area contributed by atoms with E-state index in [1.807, 2.05) is 24.3 Å². The zero-order valence-electron chi connectivity index (χ0n) is 13.9. The molecule has 25 heavy (non-hydrogen) atoms. The lowest BCUT2D eigenvalue weighted by Crippen LogP contribution is -2.35. The summed E-state index contributed by atoms with van der Waals surface area (Å²) >= 11 is 0. The lowest BCUT2D eigenvalue weighted by atomic mass is 9.99. The van der Waals surface area contributed by atoms with Crippen molar-refractivity contribution in [3.05, 3.63) is 59.7 Å². The first-order valence-electron chi connectivity index (χ1n) is 8.53. The molecule has 2 aromatic carbocycles.